The van der Waals surface area contributed by atoms with Gasteiger partial charge in [-0.1, -0.05) is 6.07 Å². The minimum atomic E-state index is -2.72. The largest absolute Gasteiger partial charge is 0.325 e. The predicted molar refractivity (Wildman–Crippen MR) is 85.2 cm³/mol. The van der Waals surface area contributed by atoms with E-state index in [1.54, 1.807) is 6.07 Å². The second-order valence-corrected chi connectivity index (χ2v) is 5.96. The van der Waals surface area contributed by atoms with Crippen molar-refractivity contribution in [3.63, 3.8) is 0 Å². The third kappa shape index (κ3) is 2.16. The van der Waals surface area contributed by atoms with Gasteiger partial charge in [-0.15, -0.1) is 5.10 Å². The topological polar surface area (TPSA) is 59.3 Å². The average molecular weight is 328 g/mol. The van der Waals surface area contributed by atoms with Crippen molar-refractivity contribution >= 4 is 17.2 Å². The van der Waals surface area contributed by atoms with Crippen LogP contribution in [0.3, 0.4) is 0 Å². The summed E-state index contributed by atoms with van der Waals surface area (Å²) < 4.78 is 27.3. The summed E-state index contributed by atoms with van der Waals surface area (Å²) in [6.07, 6.45) is -2.40. The van der Waals surface area contributed by atoms with Gasteiger partial charge in [-0.25, -0.2) is 18.3 Å². The Bertz CT molecular complexity index is 994. The molecule has 0 bridgehead atoms. The molecule has 1 aromatic carbocycles. The Morgan fingerprint density at radius 1 is 1.21 bits per heavy atom. The molecular formula is C17H14F2N4O. The second kappa shape index (κ2) is 5.09. The van der Waals surface area contributed by atoms with Crippen LogP contribution in [-0.4, -0.2) is 20.5 Å². The fraction of sp³-hybridized carbons (Fsp3) is 0.235. The lowest BCUT2D eigenvalue weighted by molar-refractivity contribution is -0.115. The van der Waals surface area contributed by atoms with Crippen LogP contribution in [0.25, 0.3) is 16.9 Å². The molecule has 5 nitrogen and oxygen atoms in total. The first-order chi connectivity index (χ1) is 11.4. The van der Waals surface area contributed by atoms with Crippen molar-refractivity contribution in [1.82, 2.24) is 14.6 Å². The minimum absolute atomic E-state index is 0.0408. The van der Waals surface area contributed by atoms with Crippen LogP contribution in [0.5, 0.6) is 0 Å². The zero-order chi connectivity index (χ0) is 17.0. The maximum Gasteiger partial charge on any atom is 0.299 e. The first-order valence-corrected chi connectivity index (χ1v) is 7.52. The van der Waals surface area contributed by atoms with Gasteiger partial charge in [0.15, 0.2) is 5.65 Å². The summed E-state index contributed by atoms with van der Waals surface area (Å²) in [5.74, 6) is -0.530. The molecule has 1 amide bonds. The highest BCUT2D eigenvalue weighted by atomic mass is 19.3. The van der Waals surface area contributed by atoms with Crippen molar-refractivity contribution in [1.29, 1.82) is 0 Å². The third-order valence-electron chi connectivity index (χ3n) is 4.22. The van der Waals surface area contributed by atoms with Gasteiger partial charge in [-0.2, -0.15) is 0 Å². The molecule has 2 aromatic heterocycles. The fourth-order valence-electron chi connectivity index (χ4n) is 3.17. The number of hydrogen-bond donors (Lipinski definition) is 1. The summed E-state index contributed by atoms with van der Waals surface area (Å²) in [6.45, 7) is 3.81. The molecule has 0 saturated heterocycles. The first-order valence-electron chi connectivity index (χ1n) is 7.52. The molecule has 1 N–H and O–H groups in total. The number of nitrogens with one attached hydrogen (secondary N) is 1. The van der Waals surface area contributed by atoms with Crippen molar-refractivity contribution < 1.29 is 13.6 Å². The van der Waals surface area contributed by atoms with Crippen LogP contribution >= 0.6 is 0 Å². The van der Waals surface area contributed by atoms with E-state index in [2.05, 4.69) is 15.4 Å². The van der Waals surface area contributed by atoms with Crippen molar-refractivity contribution in [2.45, 2.75) is 26.7 Å². The van der Waals surface area contributed by atoms with E-state index in [1.165, 1.54) is 4.52 Å². The molecule has 24 heavy (non-hydrogen) atoms. The summed E-state index contributed by atoms with van der Waals surface area (Å²) in [5, 5.41) is 6.80. The predicted octanol–water partition coefficient (Wildman–Crippen LogP) is 3.45. The number of benzene rings is 1. The molecule has 1 aliphatic rings. The van der Waals surface area contributed by atoms with Crippen LogP contribution in [0.2, 0.25) is 0 Å². The molecule has 0 atom stereocenters. The Morgan fingerprint density at radius 2 is 2.00 bits per heavy atom. The molecule has 7 heteroatoms. The third-order valence-corrected chi connectivity index (χ3v) is 4.22. The van der Waals surface area contributed by atoms with Crippen LogP contribution in [0.15, 0.2) is 24.3 Å². The molecule has 0 spiro atoms. The van der Waals surface area contributed by atoms with Crippen LogP contribution < -0.4 is 5.32 Å². The number of carbonyl (C=O) groups excluding carboxylic acids is 1. The summed E-state index contributed by atoms with van der Waals surface area (Å²) in [5.41, 5.74) is 5.47. The molecule has 3 heterocycles. The molecule has 0 aliphatic carbocycles. The fourth-order valence-corrected chi connectivity index (χ4v) is 3.17. The number of nitrogens with zero attached hydrogens (tertiary/aromatic N) is 3. The number of aromatic nitrogens is 3. The van der Waals surface area contributed by atoms with Gasteiger partial charge in [0.25, 0.3) is 6.43 Å². The number of amides is 1. The molecule has 0 radical (unpaired) electrons. The standard InChI is InChI=1S/C17H14F2N4O/c1-8-3-4-12-20-17(16(18)19)22-23(12)15(8)11-5-9(2)14-10(6-11)7-13(24)21-14/h3-6,16H,7H2,1-2H3,(H,21,24). The monoisotopic (exact) mass is 328 g/mol. The maximum atomic E-state index is 12.9. The van der Waals surface area contributed by atoms with Gasteiger partial charge in [0.2, 0.25) is 11.7 Å². The van der Waals surface area contributed by atoms with Gasteiger partial charge < -0.3 is 5.32 Å². The van der Waals surface area contributed by atoms with Crippen LogP contribution in [0, 0.1) is 13.8 Å². The maximum absolute atomic E-state index is 12.9. The number of aryl methyl sites for hydroxylation is 2. The van der Waals surface area contributed by atoms with Crippen LogP contribution in [0.4, 0.5) is 14.5 Å². The van der Waals surface area contributed by atoms with Gasteiger partial charge in [-0.3, -0.25) is 4.79 Å². The lowest BCUT2D eigenvalue weighted by Crippen LogP contribution is -2.04. The van der Waals surface area contributed by atoms with Gasteiger partial charge in [-0.05, 0) is 48.7 Å². The van der Waals surface area contributed by atoms with Gasteiger partial charge in [0.1, 0.15) is 0 Å². The number of halogens is 2. The Balaban J connectivity index is 1.97. The van der Waals surface area contributed by atoms with E-state index in [9.17, 15) is 13.6 Å². The average Bonchev–Trinajstić information content (AvgIpc) is 3.10. The van der Waals surface area contributed by atoms with Crippen LogP contribution in [0.1, 0.15) is 28.9 Å². The van der Waals surface area contributed by atoms with Crippen molar-refractivity contribution in [2.75, 3.05) is 5.32 Å². The van der Waals surface area contributed by atoms with E-state index in [-0.39, 0.29) is 5.91 Å². The highest BCUT2D eigenvalue weighted by molar-refractivity contribution is 6.00. The zero-order valence-corrected chi connectivity index (χ0v) is 13.1. The smallest absolute Gasteiger partial charge is 0.299 e. The molecule has 122 valence electrons. The molecule has 0 saturated carbocycles. The summed E-state index contributed by atoms with van der Waals surface area (Å²) in [7, 11) is 0. The lowest BCUT2D eigenvalue weighted by atomic mass is 9.99. The number of anilines is 1. The number of hydrogen-bond acceptors (Lipinski definition) is 3. The molecule has 0 fully saturated rings. The van der Waals surface area contributed by atoms with Crippen molar-refractivity contribution in [3.05, 3.63) is 46.8 Å². The Hall–Kier alpha value is -2.83. The van der Waals surface area contributed by atoms with Gasteiger partial charge in [0, 0.05) is 11.3 Å². The number of rotatable bonds is 2. The van der Waals surface area contributed by atoms with Crippen molar-refractivity contribution in [3.8, 4) is 11.3 Å². The first kappa shape index (κ1) is 14.7. The quantitative estimate of drug-likeness (QED) is 0.784. The number of carbonyl (C=O) groups is 1. The SMILES string of the molecule is Cc1cc(-c2c(C)ccc3nc(C(F)F)nn23)cc2c1NC(=O)C2. The number of alkyl halides is 2. The zero-order valence-electron chi connectivity index (χ0n) is 13.1. The second-order valence-electron chi connectivity index (χ2n) is 5.96. The van der Waals surface area contributed by atoms with E-state index < -0.39 is 12.2 Å². The highest BCUT2D eigenvalue weighted by Gasteiger charge is 2.22. The lowest BCUT2D eigenvalue weighted by Gasteiger charge is -2.12. The van der Waals surface area contributed by atoms with Crippen LogP contribution in [-0.2, 0) is 11.2 Å². The summed E-state index contributed by atoms with van der Waals surface area (Å²) in [4.78, 5) is 15.5. The van der Waals surface area contributed by atoms with E-state index in [1.807, 2.05) is 32.0 Å². The molecule has 1 aliphatic heterocycles. The van der Waals surface area contributed by atoms with Gasteiger partial charge >= 0.3 is 0 Å². The Labute approximate surface area is 136 Å². The van der Waals surface area contributed by atoms with Crippen molar-refractivity contribution in [2.24, 2.45) is 0 Å². The Morgan fingerprint density at radius 3 is 2.75 bits per heavy atom. The molecule has 0 unspecified atom stereocenters. The Kier molecular flexibility index (Phi) is 3.13. The molecule has 4 rings (SSSR count). The highest BCUT2D eigenvalue weighted by Crippen LogP contribution is 2.34. The number of fused-ring (bicyclic) bond motifs is 2. The molecular weight excluding hydrogens is 314 g/mol. The summed E-state index contributed by atoms with van der Waals surface area (Å²) >= 11 is 0. The van der Waals surface area contributed by atoms with E-state index in [0.717, 1.165) is 27.9 Å². The summed E-state index contributed by atoms with van der Waals surface area (Å²) in [6, 6.07) is 7.34. The van der Waals surface area contributed by atoms with E-state index >= 15 is 0 Å². The van der Waals surface area contributed by atoms with E-state index in [0.29, 0.717) is 17.8 Å². The minimum Gasteiger partial charge on any atom is -0.325 e. The van der Waals surface area contributed by atoms with E-state index in [4.69, 9.17) is 0 Å². The normalized spacial score (nSPS) is 13.6. The number of pyridine rings is 1. The van der Waals surface area contributed by atoms with Gasteiger partial charge in [0.05, 0.1) is 12.1 Å². The molecule has 3 aromatic rings.